The highest BCUT2D eigenvalue weighted by Crippen LogP contribution is 2.08. The second-order valence-corrected chi connectivity index (χ2v) is 2.79. The second-order valence-electron chi connectivity index (χ2n) is 2.28. The third-order valence-electron chi connectivity index (χ3n) is 1.05. The van der Waals surface area contributed by atoms with Crippen molar-refractivity contribution in [2.75, 3.05) is 19.8 Å². The van der Waals surface area contributed by atoms with Crippen LogP contribution >= 0.6 is 8.25 Å². The fourth-order valence-corrected chi connectivity index (χ4v) is 0.523. The lowest BCUT2D eigenvalue weighted by molar-refractivity contribution is 0.117. The molecule has 1 atom stereocenters. The Morgan fingerprint density at radius 3 is 2.50 bits per heavy atom. The molecule has 1 unspecified atom stereocenters. The van der Waals surface area contributed by atoms with E-state index in [1.54, 1.807) is 0 Å². The molecule has 0 aliphatic carbocycles. The number of rotatable bonds is 4. The molecule has 6 heteroatoms. The summed E-state index contributed by atoms with van der Waals surface area (Å²) in [6, 6.07) is 0. The van der Waals surface area contributed by atoms with Crippen LogP contribution in [0.2, 0.25) is 0 Å². The van der Waals surface area contributed by atoms with Gasteiger partial charge >= 0.3 is 8.25 Å². The first-order valence-electron chi connectivity index (χ1n) is 3.71. The number of epoxide rings is 1. The van der Waals surface area contributed by atoms with E-state index in [2.05, 4.69) is 6.92 Å². The molecule has 1 aliphatic rings. The third kappa shape index (κ3) is 12.6. The lowest BCUT2D eigenvalue weighted by Crippen LogP contribution is -2.01. The third-order valence-corrected chi connectivity index (χ3v) is 1.05. The molecule has 5 nitrogen and oxygen atoms in total. The molecule has 0 radical (unpaired) electrons. The van der Waals surface area contributed by atoms with Gasteiger partial charge in [-0.2, -0.15) is 0 Å². The average molecular weight is 197 g/mol. The minimum absolute atomic E-state index is 0.432. The van der Waals surface area contributed by atoms with Crippen LogP contribution in [0.1, 0.15) is 13.3 Å². The highest BCUT2D eigenvalue weighted by molar-refractivity contribution is 7.30. The molecule has 0 aromatic carbocycles. The van der Waals surface area contributed by atoms with E-state index >= 15 is 0 Å². The first-order chi connectivity index (χ1) is 5.66. The van der Waals surface area contributed by atoms with Gasteiger partial charge in [0.05, 0.1) is 13.2 Å². The molecule has 12 heavy (non-hydrogen) atoms. The van der Waals surface area contributed by atoms with Crippen molar-refractivity contribution in [3.05, 3.63) is 0 Å². The van der Waals surface area contributed by atoms with E-state index in [9.17, 15) is 0 Å². The molecule has 0 aromatic rings. The summed E-state index contributed by atoms with van der Waals surface area (Å²) < 4.78 is 18.8. The molecule has 1 fully saturated rings. The highest BCUT2D eigenvalue weighted by Gasteiger charge is 2.21. The maximum atomic E-state index is 8.70. The Kier molecular flexibility index (Phi) is 7.54. The number of ether oxygens (including phenoxy) is 2. The maximum Gasteiger partial charge on any atom is 0.692 e. The molecule has 1 aliphatic heterocycles. The van der Waals surface area contributed by atoms with E-state index in [0.29, 0.717) is 6.10 Å². The summed E-state index contributed by atoms with van der Waals surface area (Å²) >= 11 is 0. The lowest BCUT2D eigenvalue weighted by Gasteiger charge is -1.95. The second kappa shape index (κ2) is 7.58. The largest absolute Gasteiger partial charge is 0.692 e. The minimum atomic E-state index is -2.87. The van der Waals surface area contributed by atoms with Crippen molar-refractivity contribution in [1.29, 1.82) is 0 Å². The molecule has 1 heterocycles. The molecule has 2 N–H and O–H groups in total. The predicted molar refractivity (Wildman–Crippen MR) is 42.9 cm³/mol. The SMILES string of the molecule is CCCOCC1CO1.O=[P+](O)O. The Labute approximate surface area is 72.3 Å². The van der Waals surface area contributed by atoms with Crippen molar-refractivity contribution in [2.24, 2.45) is 0 Å². The lowest BCUT2D eigenvalue weighted by atomic mass is 10.5. The normalized spacial score (nSPS) is 19.4. The summed E-state index contributed by atoms with van der Waals surface area (Å²) in [5.41, 5.74) is 0. The van der Waals surface area contributed by atoms with Gasteiger partial charge in [0.15, 0.2) is 0 Å². The van der Waals surface area contributed by atoms with Crippen LogP contribution < -0.4 is 0 Å². The zero-order valence-electron chi connectivity index (χ0n) is 6.97. The standard InChI is InChI=1S/C6H12O2.HO3P/c1-2-3-7-4-6-5-8-6;1-4(2)3/h6H,2-5H2,1H3;(H-,1,2,3)/p+1. The van der Waals surface area contributed by atoms with Gasteiger partial charge in [-0.25, -0.2) is 0 Å². The summed E-state index contributed by atoms with van der Waals surface area (Å²) in [5, 5.41) is 0. The van der Waals surface area contributed by atoms with Crippen LogP contribution in [0, 0.1) is 0 Å². The van der Waals surface area contributed by atoms with Crippen LogP contribution in [-0.2, 0) is 14.0 Å². The van der Waals surface area contributed by atoms with E-state index in [-0.39, 0.29) is 0 Å². The van der Waals surface area contributed by atoms with Crippen LogP contribution in [0.15, 0.2) is 0 Å². The molecular formula is C6H14O5P+. The van der Waals surface area contributed by atoms with Gasteiger partial charge in [0.1, 0.15) is 6.10 Å². The molecule has 1 rings (SSSR count). The van der Waals surface area contributed by atoms with Crippen LogP contribution in [0.3, 0.4) is 0 Å². The van der Waals surface area contributed by atoms with Crippen LogP contribution in [-0.4, -0.2) is 35.7 Å². The van der Waals surface area contributed by atoms with Crippen molar-refractivity contribution in [2.45, 2.75) is 19.4 Å². The Morgan fingerprint density at radius 2 is 2.17 bits per heavy atom. The Morgan fingerprint density at radius 1 is 1.67 bits per heavy atom. The summed E-state index contributed by atoms with van der Waals surface area (Å²) in [4.78, 5) is 14.2. The van der Waals surface area contributed by atoms with Crippen molar-refractivity contribution >= 4 is 8.25 Å². The van der Waals surface area contributed by atoms with E-state index in [0.717, 1.165) is 26.2 Å². The molecular weight excluding hydrogens is 183 g/mol. The summed E-state index contributed by atoms with van der Waals surface area (Å²) in [7, 11) is -2.87. The maximum absolute atomic E-state index is 8.70. The summed E-state index contributed by atoms with van der Waals surface area (Å²) in [6.07, 6.45) is 1.54. The van der Waals surface area contributed by atoms with Gasteiger partial charge in [0.25, 0.3) is 0 Å². The van der Waals surface area contributed by atoms with Crippen molar-refractivity contribution in [1.82, 2.24) is 0 Å². The molecule has 72 valence electrons. The van der Waals surface area contributed by atoms with Crippen molar-refractivity contribution in [3.8, 4) is 0 Å². The molecule has 0 aromatic heterocycles. The van der Waals surface area contributed by atoms with E-state index < -0.39 is 8.25 Å². The monoisotopic (exact) mass is 197 g/mol. The Hall–Kier alpha value is -0.0600. The zero-order chi connectivity index (χ0) is 9.40. The Bertz CT molecular complexity index is 121. The van der Waals surface area contributed by atoms with Gasteiger partial charge < -0.3 is 9.47 Å². The summed E-state index contributed by atoms with van der Waals surface area (Å²) in [5.74, 6) is 0. The zero-order valence-corrected chi connectivity index (χ0v) is 7.87. The van der Waals surface area contributed by atoms with E-state index in [1.807, 2.05) is 0 Å². The van der Waals surface area contributed by atoms with Gasteiger partial charge in [-0.15, -0.1) is 9.79 Å². The van der Waals surface area contributed by atoms with Gasteiger partial charge in [-0.1, -0.05) is 6.92 Å². The first-order valence-corrected chi connectivity index (χ1v) is 4.87. The molecule has 0 bridgehead atoms. The van der Waals surface area contributed by atoms with Crippen LogP contribution in [0.25, 0.3) is 0 Å². The van der Waals surface area contributed by atoms with Crippen LogP contribution in [0.5, 0.6) is 0 Å². The van der Waals surface area contributed by atoms with E-state index in [4.69, 9.17) is 23.8 Å². The average Bonchev–Trinajstić information content (AvgIpc) is 2.70. The van der Waals surface area contributed by atoms with Gasteiger partial charge in [0.2, 0.25) is 0 Å². The predicted octanol–water partition coefficient (Wildman–Crippen LogP) is 0.440. The van der Waals surface area contributed by atoms with Crippen LogP contribution in [0.4, 0.5) is 0 Å². The molecule has 1 saturated heterocycles. The van der Waals surface area contributed by atoms with Crippen molar-refractivity contribution < 1.29 is 23.8 Å². The minimum Gasteiger partial charge on any atom is -0.379 e. The first kappa shape index (κ1) is 11.9. The Balaban J connectivity index is 0.000000261. The number of hydrogen-bond donors (Lipinski definition) is 2. The van der Waals surface area contributed by atoms with E-state index in [1.165, 1.54) is 0 Å². The van der Waals surface area contributed by atoms with Crippen molar-refractivity contribution in [3.63, 3.8) is 0 Å². The summed E-state index contributed by atoms with van der Waals surface area (Å²) in [6.45, 7) is 4.69. The fraction of sp³-hybridized carbons (Fsp3) is 1.00. The number of hydrogen-bond acceptors (Lipinski definition) is 3. The molecule has 0 saturated carbocycles. The highest BCUT2D eigenvalue weighted by atomic mass is 31.1. The smallest absolute Gasteiger partial charge is 0.379 e. The van der Waals surface area contributed by atoms with Gasteiger partial charge in [0, 0.05) is 11.2 Å². The van der Waals surface area contributed by atoms with Gasteiger partial charge in [-0.05, 0) is 6.42 Å². The topological polar surface area (TPSA) is 79.3 Å². The molecule has 0 amide bonds. The fourth-order valence-electron chi connectivity index (χ4n) is 0.523. The molecule has 0 spiro atoms. The van der Waals surface area contributed by atoms with Gasteiger partial charge in [-0.3, -0.25) is 0 Å². The quantitative estimate of drug-likeness (QED) is 0.388.